The molecule has 2 N–H and O–H groups in total. The van der Waals surface area contributed by atoms with Gasteiger partial charge in [0.15, 0.2) is 0 Å². The van der Waals surface area contributed by atoms with Gasteiger partial charge in [0.05, 0.1) is 31.1 Å². The third kappa shape index (κ3) is 4.32. The summed E-state index contributed by atoms with van der Waals surface area (Å²) in [5, 5.41) is 12.9. The molecule has 0 aromatic carbocycles. The molecule has 0 aliphatic carbocycles. The minimum atomic E-state index is -0.445. The number of aromatic nitrogens is 4. The summed E-state index contributed by atoms with van der Waals surface area (Å²) in [6.07, 6.45) is 7.28. The Morgan fingerprint density at radius 3 is 2.90 bits per heavy atom. The first kappa shape index (κ1) is 20.7. The van der Waals surface area contributed by atoms with E-state index < -0.39 is 5.82 Å². The summed E-state index contributed by atoms with van der Waals surface area (Å²) < 4.78 is 13.8. The lowest BCUT2D eigenvalue weighted by molar-refractivity contribution is 0.187. The molecular formula is C22H23FN8. The Kier molecular flexibility index (Phi) is 6.06. The molecule has 0 saturated carbocycles. The molecule has 4 rings (SSSR count). The van der Waals surface area contributed by atoms with Crippen LogP contribution in [0.25, 0.3) is 27.1 Å². The minimum absolute atomic E-state index is 0.193. The number of anilines is 1. The van der Waals surface area contributed by atoms with Crippen molar-refractivity contribution >= 4 is 22.7 Å². The highest BCUT2D eigenvalue weighted by molar-refractivity contribution is 5.95. The smallest absolute Gasteiger partial charge is 0.231 e. The summed E-state index contributed by atoms with van der Waals surface area (Å²) in [7, 11) is 0. The zero-order chi connectivity index (χ0) is 21.8. The summed E-state index contributed by atoms with van der Waals surface area (Å²) in [4.78, 5) is 21.8. The van der Waals surface area contributed by atoms with Crippen molar-refractivity contribution in [3.05, 3.63) is 41.9 Å². The van der Waals surface area contributed by atoms with E-state index in [-0.39, 0.29) is 6.04 Å². The second kappa shape index (κ2) is 9.07. The van der Waals surface area contributed by atoms with Gasteiger partial charge in [-0.1, -0.05) is 6.92 Å². The number of pyridine rings is 1. The van der Waals surface area contributed by atoms with Gasteiger partial charge in [0.25, 0.3) is 0 Å². The van der Waals surface area contributed by atoms with Crippen molar-refractivity contribution in [2.75, 3.05) is 25.0 Å². The predicted octanol–water partition coefficient (Wildman–Crippen LogP) is 4.14. The van der Waals surface area contributed by atoms with Crippen molar-refractivity contribution in [1.82, 2.24) is 24.8 Å². The maximum atomic E-state index is 13.8. The number of piperidine rings is 1. The summed E-state index contributed by atoms with van der Waals surface area (Å²) >= 11 is 0. The standard InChI is InChI=1S/C22H23FN8/c1-3-18(14-4-7-31(8-5-14)9-6-24)29-22-28-13-19(25-2)20(30-22)17-12-27-21-16(17)10-15(23)11-26-21/h10-14,18H,3-5,7-9H2,1H3,(H,26,27)(H,28,29,30). The van der Waals surface area contributed by atoms with Crippen LogP contribution >= 0.6 is 0 Å². The summed E-state index contributed by atoms with van der Waals surface area (Å²) in [5.74, 6) is 0.463. The van der Waals surface area contributed by atoms with Crippen LogP contribution in [0.15, 0.2) is 24.7 Å². The molecule has 8 nitrogen and oxygen atoms in total. The average Bonchev–Trinajstić information content (AvgIpc) is 3.21. The molecule has 1 unspecified atom stereocenters. The topological polar surface area (TPSA) is 97.9 Å². The van der Waals surface area contributed by atoms with E-state index in [1.165, 1.54) is 12.3 Å². The van der Waals surface area contributed by atoms with E-state index in [9.17, 15) is 4.39 Å². The molecule has 4 heterocycles. The molecule has 0 radical (unpaired) electrons. The maximum Gasteiger partial charge on any atom is 0.231 e. The Hall–Kier alpha value is -3.56. The van der Waals surface area contributed by atoms with Gasteiger partial charge in [0.2, 0.25) is 11.6 Å². The van der Waals surface area contributed by atoms with Gasteiger partial charge in [0.1, 0.15) is 11.5 Å². The third-order valence-electron chi connectivity index (χ3n) is 5.89. The number of halogens is 1. The molecule has 1 fully saturated rings. The molecule has 9 heteroatoms. The molecule has 3 aromatic heterocycles. The first-order valence-corrected chi connectivity index (χ1v) is 10.4. The van der Waals surface area contributed by atoms with E-state index in [1.54, 1.807) is 6.20 Å². The van der Waals surface area contributed by atoms with Crippen LogP contribution in [-0.4, -0.2) is 50.5 Å². The van der Waals surface area contributed by atoms with Gasteiger partial charge in [-0.15, -0.1) is 0 Å². The SMILES string of the molecule is [C-]#[N+]c1cnc(NC(CC)C2CCN(CC#N)CC2)nc1-c1c[nH]c2ncc(F)cc12. The van der Waals surface area contributed by atoms with Crippen molar-refractivity contribution in [2.45, 2.75) is 32.2 Å². The van der Waals surface area contributed by atoms with E-state index >= 15 is 0 Å². The molecule has 1 saturated heterocycles. The normalized spacial score (nSPS) is 16.0. The van der Waals surface area contributed by atoms with Crippen LogP contribution in [0.2, 0.25) is 0 Å². The zero-order valence-electron chi connectivity index (χ0n) is 17.3. The lowest BCUT2D eigenvalue weighted by Crippen LogP contribution is -2.40. The maximum absolute atomic E-state index is 13.8. The van der Waals surface area contributed by atoms with E-state index in [0.717, 1.165) is 38.5 Å². The van der Waals surface area contributed by atoms with Gasteiger partial charge >= 0.3 is 0 Å². The number of aromatic amines is 1. The van der Waals surface area contributed by atoms with Gasteiger partial charge in [-0.2, -0.15) is 5.26 Å². The summed E-state index contributed by atoms with van der Waals surface area (Å²) in [6.45, 7) is 11.9. The second-order valence-corrected chi connectivity index (χ2v) is 7.72. The minimum Gasteiger partial charge on any atom is -0.351 e. The number of nitrogens with one attached hydrogen (secondary N) is 2. The van der Waals surface area contributed by atoms with E-state index in [4.69, 9.17) is 11.8 Å². The first-order valence-electron chi connectivity index (χ1n) is 10.4. The lowest BCUT2D eigenvalue weighted by atomic mass is 9.88. The number of fused-ring (bicyclic) bond motifs is 1. The Labute approximate surface area is 180 Å². The monoisotopic (exact) mass is 418 g/mol. The molecule has 1 atom stereocenters. The third-order valence-corrected chi connectivity index (χ3v) is 5.89. The molecular weight excluding hydrogens is 395 g/mol. The quantitative estimate of drug-likeness (QED) is 0.461. The van der Waals surface area contributed by atoms with E-state index in [2.05, 4.69) is 48.0 Å². The fraction of sp³-hybridized carbons (Fsp3) is 0.409. The highest BCUT2D eigenvalue weighted by Gasteiger charge is 2.26. The van der Waals surface area contributed by atoms with Crippen LogP contribution < -0.4 is 5.32 Å². The Morgan fingerprint density at radius 1 is 1.39 bits per heavy atom. The molecule has 31 heavy (non-hydrogen) atoms. The molecule has 0 amide bonds. The Balaban J connectivity index is 1.59. The van der Waals surface area contributed by atoms with Crippen molar-refractivity contribution in [3.63, 3.8) is 0 Å². The highest BCUT2D eigenvalue weighted by Crippen LogP contribution is 2.34. The summed E-state index contributed by atoms with van der Waals surface area (Å²) in [5.41, 5.74) is 1.91. The number of hydrogen-bond acceptors (Lipinski definition) is 6. The predicted molar refractivity (Wildman–Crippen MR) is 116 cm³/mol. The Bertz CT molecular complexity index is 1150. The second-order valence-electron chi connectivity index (χ2n) is 7.72. The molecule has 1 aliphatic rings. The van der Waals surface area contributed by atoms with Gasteiger partial charge in [-0.25, -0.2) is 24.2 Å². The zero-order valence-corrected chi connectivity index (χ0v) is 17.3. The van der Waals surface area contributed by atoms with Crippen molar-refractivity contribution in [3.8, 4) is 17.3 Å². The average molecular weight is 418 g/mol. The van der Waals surface area contributed by atoms with Crippen LogP contribution in [0.5, 0.6) is 0 Å². The fourth-order valence-electron chi connectivity index (χ4n) is 4.23. The molecule has 0 bridgehead atoms. The van der Waals surface area contributed by atoms with Crippen molar-refractivity contribution in [1.29, 1.82) is 5.26 Å². The number of likely N-dealkylation sites (tertiary alicyclic amines) is 1. The number of rotatable bonds is 6. The number of nitriles is 1. The number of nitrogens with zero attached hydrogens (tertiary/aromatic N) is 6. The van der Waals surface area contributed by atoms with Crippen LogP contribution in [-0.2, 0) is 0 Å². The van der Waals surface area contributed by atoms with E-state index in [0.29, 0.717) is 46.4 Å². The fourth-order valence-corrected chi connectivity index (χ4v) is 4.23. The number of hydrogen-bond donors (Lipinski definition) is 2. The molecule has 1 aliphatic heterocycles. The lowest BCUT2D eigenvalue weighted by Gasteiger charge is -2.35. The van der Waals surface area contributed by atoms with Crippen LogP contribution in [0, 0.1) is 29.6 Å². The number of H-pyrrole nitrogens is 1. The van der Waals surface area contributed by atoms with Gasteiger partial charge < -0.3 is 10.3 Å². The first-order chi connectivity index (χ1) is 15.1. The van der Waals surface area contributed by atoms with Crippen molar-refractivity contribution in [2.24, 2.45) is 5.92 Å². The molecule has 158 valence electrons. The van der Waals surface area contributed by atoms with Gasteiger partial charge in [-0.3, -0.25) is 4.90 Å². The van der Waals surface area contributed by atoms with Crippen LogP contribution in [0.3, 0.4) is 0 Å². The van der Waals surface area contributed by atoms with Crippen molar-refractivity contribution < 1.29 is 4.39 Å². The molecule has 3 aromatic rings. The van der Waals surface area contributed by atoms with E-state index in [1.807, 2.05) is 0 Å². The van der Waals surface area contributed by atoms with Crippen LogP contribution in [0.4, 0.5) is 16.0 Å². The highest BCUT2D eigenvalue weighted by atomic mass is 19.1. The largest absolute Gasteiger partial charge is 0.351 e. The van der Waals surface area contributed by atoms with Gasteiger partial charge in [0, 0.05) is 29.4 Å². The van der Waals surface area contributed by atoms with Gasteiger partial charge in [-0.05, 0) is 44.3 Å². The molecule has 0 spiro atoms. The Morgan fingerprint density at radius 2 is 2.19 bits per heavy atom. The summed E-state index contributed by atoms with van der Waals surface area (Å²) in [6, 6.07) is 3.80. The van der Waals surface area contributed by atoms with Crippen LogP contribution in [0.1, 0.15) is 26.2 Å².